The van der Waals surface area contributed by atoms with Crippen molar-refractivity contribution in [2.24, 2.45) is 5.92 Å². The van der Waals surface area contributed by atoms with Gasteiger partial charge < -0.3 is 14.8 Å². The van der Waals surface area contributed by atoms with Gasteiger partial charge in [-0.3, -0.25) is 9.59 Å². The third-order valence-electron chi connectivity index (χ3n) is 5.76. The summed E-state index contributed by atoms with van der Waals surface area (Å²) in [5.74, 6) is 0.708. The van der Waals surface area contributed by atoms with Gasteiger partial charge in [0.2, 0.25) is 11.8 Å². The minimum Gasteiger partial charge on any atom is -0.341 e. The van der Waals surface area contributed by atoms with E-state index < -0.39 is 0 Å². The van der Waals surface area contributed by atoms with E-state index in [1.54, 1.807) is 0 Å². The van der Waals surface area contributed by atoms with Crippen LogP contribution in [0.15, 0.2) is 60.8 Å². The molecule has 0 bridgehead atoms. The van der Waals surface area contributed by atoms with E-state index in [-0.39, 0.29) is 11.8 Å². The highest BCUT2D eigenvalue weighted by molar-refractivity contribution is 6.01. The van der Waals surface area contributed by atoms with Gasteiger partial charge in [0, 0.05) is 31.6 Å². The fraction of sp³-hybridized carbons (Fsp3) is 0.333. The summed E-state index contributed by atoms with van der Waals surface area (Å²) in [4.78, 5) is 26.3. The molecular weight excluding hydrogens is 362 g/mol. The molecule has 0 spiro atoms. The van der Waals surface area contributed by atoms with Crippen molar-refractivity contribution in [1.82, 2.24) is 9.47 Å². The van der Waals surface area contributed by atoms with Crippen LogP contribution in [0, 0.1) is 5.92 Å². The lowest BCUT2D eigenvalue weighted by Crippen LogP contribution is -2.40. The van der Waals surface area contributed by atoms with Crippen LogP contribution < -0.4 is 5.32 Å². The number of nitrogens with one attached hydrogen (secondary N) is 1. The van der Waals surface area contributed by atoms with Gasteiger partial charge in [-0.05, 0) is 48.9 Å². The maximum atomic E-state index is 12.9. The first-order chi connectivity index (χ1) is 14.1. The number of anilines is 1. The summed E-state index contributed by atoms with van der Waals surface area (Å²) in [6, 6.07) is 18.3. The van der Waals surface area contributed by atoms with Crippen molar-refractivity contribution in [3.63, 3.8) is 0 Å². The average Bonchev–Trinajstić information content (AvgIpc) is 3.13. The molecule has 1 fully saturated rings. The van der Waals surface area contributed by atoms with Crippen LogP contribution in [0.2, 0.25) is 0 Å². The molecule has 3 aromatic rings. The Morgan fingerprint density at radius 3 is 2.48 bits per heavy atom. The van der Waals surface area contributed by atoms with E-state index in [2.05, 4.69) is 35.6 Å². The highest BCUT2D eigenvalue weighted by Crippen LogP contribution is 2.26. The maximum Gasteiger partial charge on any atom is 0.242 e. The topological polar surface area (TPSA) is 54.3 Å². The van der Waals surface area contributed by atoms with Gasteiger partial charge in [0.25, 0.3) is 0 Å². The summed E-state index contributed by atoms with van der Waals surface area (Å²) in [6.07, 6.45) is 5.13. The molecule has 0 aliphatic carbocycles. The Labute approximate surface area is 171 Å². The predicted octanol–water partition coefficient (Wildman–Crippen LogP) is 4.08. The fourth-order valence-corrected chi connectivity index (χ4v) is 4.24. The van der Waals surface area contributed by atoms with Crippen molar-refractivity contribution < 1.29 is 9.59 Å². The van der Waals surface area contributed by atoms with E-state index in [4.69, 9.17) is 0 Å². The van der Waals surface area contributed by atoms with E-state index in [1.807, 2.05) is 39.9 Å². The van der Waals surface area contributed by atoms with Gasteiger partial charge in [0.1, 0.15) is 6.54 Å². The van der Waals surface area contributed by atoms with Crippen LogP contribution in [-0.2, 0) is 22.6 Å². The number of carbonyl (C=O) groups is 2. The number of carbonyl (C=O) groups excluding carboxylic acids is 2. The molecule has 0 radical (unpaired) electrons. The Morgan fingerprint density at radius 2 is 1.76 bits per heavy atom. The molecular formula is C24H27N3O2. The van der Waals surface area contributed by atoms with Crippen LogP contribution in [0.25, 0.3) is 10.9 Å². The summed E-state index contributed by atoms with van der Waals surface area (Å²) < 4.78 is 1.97. The highest BCUT2D eigenvalue weighted by Gasteiger charge is 2.23. The maximum absolute atomic E-state index is 12.9. The number of hydrogen-bond acceptors (Lipinski definition) is 2. The zero-order valence-electron chi connectivity index (χ0n) is 16.8. The fourth-order valence-electron chi connectivity index (χ4n) is 4.24. The third-order valence-corrected chi connectivity index (χ3v) is 5.76. The van der Waals surface area contributed by atoms with Gasteiger partial charge >= 0.3 is 0 Å². The van der Waals surface area contributed by atoms with E-state index >= 15 is 0 Å². The first-order valence-corrected chi connectivity index (χ1v) is 10.3. The number of hydrogen-bond donors (Lipinski definition) is 1. The van der Waals surface area contributed by atoms with Gasteiger partial charge in [-0.2, -0.15) is 0 Å². The average molecular weight is 389 g/mol. The quantitative estimate of drug-likeness (QED) is 0.715. The normalized spacial score (nSPS) is 14.9. The second-order valence-electron chi connectivity index (χ2n) is 7.88. The second kappa shape index (κ2) is 8.52. The third kappa shape index (κ3) is 4.50. The summed E-state index contributed by atoms with van der Waals surface area (Å²) in [5.41, 5.74) is 3.12. The molecule has 0 atom stereocenters. The number of benzene rings is 2. The van der Waals surface area contributed by atoms with Gasteiger partial charge in [0.15, 0.2) is 0 Å². The van der Waals surface area contributed by atoms with E-state index in [0.717, 1.165) is 48.9 Å². The number of amides is 2. The van der Waals surface area contributed by atoms with E-state index in [1.165, 1.54) is 12.5 Å². The number of piperidine rings is 1. The zero-order chi connectivity index (χ0) is 20.2. The molecule has 2 amide bonds. The van der Waals surface area contributed by atoms with E-state index in [9.17, 15) is 9.59 Å². The van der Waals surface area contributed by atoms with Crippen molar-refractivity contribution in [2.45, 2.75) is 32.7 Å². The number of likely N-dealkylation sites (tertiary alicyclic amines) is 1. The molecule has 150 valence electrons. The van der Waals surface area contributed by atoms with Gasteiger partial charge in [-0.15, -0.1) is 0 Å². The Morgan fingerprint density at radius 1 is 1.00 bits per heavy atom. The zero-order valence-corrected chi connectivity index (χ0v) is 16.8. The van der Waals surface area contributed by atoms with Gasteiger partial charge in [-0.25, -0.2) is 0 Å². The standard InChI is InChI=1S/C24H27N3O2/c1-18(28)25-22-8-5-9-23-21(22)12-15-27(23)17-24(29)26-13-10-20(11-14-26)16-19-6-3-2-4-7-19/h2-9,12,15,20H,10-11,13-14,16-17H2,1H3,(H,25,28). The Kier molecular flexibility index (Phi) is 5.65. The van der Waals surface area contributed by atoms with Crippen molar-refractivity contribution in [2.75, 3.05) is 18.4 Å². The molecule has 0 unspecified atom stereocenters. The number of fused-ring (bicyclic) bond motifs is 1. The van der Waals surface area contributed by atoms with Crippen LogP contribution in [0.5, 0.6) is 0 Å². The Bertz CT molecular complexity index is 1000. The van der Waals surface area contributed by atoms with Crippen LogP contribution in [0.4, 0.5) is 5.69 Å². The minimum absolute atomic E-state index is 0.0975. The second-order valence-corrected chi connectivity index (χ2v) is 7.88. The van der Waals surface area contributed by atoms with Crippen molar-refractivity contribution in [3.05, 3.63) is 66.4 Å². The summed E-state index contributed by atoms with van der Waals surface area (Å²) in [7, 11) is 0. The smallest absolute Gasteiger partial charge is 0.242 e. The summed E-state index contributed by atoms with van der Waals surface area (Å²) in [6.45, 7) is 3.48. The SMILES string of the molecule is CC(=O)Nc1cccc2c1ccn2CC(=O)N1CCC(Cc2ccccc2)CC1. The lowest BCUT2D eigenvalue weighted by molar-refractivity contribution is -0.133. The van der Waals surface area contributed by atoms with Gasteiger partial charge in [-0.1, -0.05) is 36.4 Å². The summed E-state index contributed by atoms with van der Waals surface area (Å²) in [5, 5.41) is 3.81. The first kappa shape index (κ1) is 19.2. The molecule has 2 aromatic carbocycles. The molecule has 4 rings (SSSR count). The Balaban J connectivity index is 1.37. The molecule has 29 heavy (non-hydrogen) atoms. The molecule has 1 aliphatic heterocycles. The molecule has 1 aliphatic rings. The van der Waals surface area contributed by atoms with Crippen LogP contribution in [-0.4, -0.2) is 34.4 Å². The van der Waals surface area contributed by atoms with E-state index in [0.29, 0.717) is 12.5 Å². The van der Waals surface area contributed by atoms with Crippen LogP contribution in [0.1, 0.15) is 25.3 Å². The molecule has 5 nitrogen and oxygen atoms in total. The number of rotatable bonds is 5. The van der Waals surface area contributed by atoms with Crippen molar-refractivity contribution in [1.29, 1.82) is 0 Å². The lowest BCUT2D eigenvalue weighted by atomic mass is 9.90. The highest BCUT2D eigenvalue weighted by atomic mass is 16.2. The van der Waals surface area contributed by atoms with Crippen LogP contribution in [0.3, 0.4) is 0 Å². The number of aromatic nitrogens is 1. The molecule has 0 saturated carbocycles. The lowest BCUT2D eigenvalue weighted by Gasteiger charge is -2.32. The molecule has 2 heterocycles. The van der Waals surface area contributed by atoms with Crippen molar-refractivity contribution >= 4 is 28.4 Å². The van der Waals surface area contributed by atoms with Crippen LogP contribution >= 0.6 is 0 Å². The summed E-state index contributed by atoms with van der Waals surface area (Å²) >= 11 is 0. The monoisotopic (exact) mass is 389 g/mol. The molecule has 1 saturated heterocycles. The number of nitrogens with zero attached hydrogens (tertiary/aromatic N) is 2. The first-order valence-electron chi connectivity index (χ1n) is 10.3. The molecule has 1 aromatic heterocycles. The molecule has 1 N–H and O–H groups in total. The van der Waals surface area contributed by atoms with Crippen molar-refractivity contribution in [3.8, 4) is 0 Å². The molecule has 5 heteroatoms. The van der Waals surface area contributed by atoms with Gasteiger partial charge in [0.05, 0.1) is 11.2 Å². The largest absolute Gasteiger partial charge is 0.341 e. The predicted molar refractivity (Wildman–Crippen MR) is 116 cm³/mol. The minimum atomic E-state index is -0.0975. The Hall–Kier alpha value is -3.08.